The SMILES string of the molecule is CCOc1ccccc1N1CC(C(=O)Nc2ccccc2C(F)(F)F)CC1=O. The third-order valence-corrected chi connectivity index (χ3v) is 4.44. The number of alkyl halides is 3. The zero-order valence-electron chi connectivity index (χ0n) is 15.1. The molecular weight excluding hydrogens is 373 g/mol. The molecule has 1 heterocycles. The van der Waals surface area contributed by atoms with Gasteiger partial charge in [0.15, 0.2) is 0 Å². The molecule has 2 amide bonds. The lowest BCUT2D eigenvalue weighted by Gasteiger charge is -2.20. The Hall–Kier alpha value is -3.03. The fourth-order valence-corrected chi connectivity index (χ4v) is 3.15. The molecule has 1 fully saturated rings. The maximum atomic E-state index is 13.1. The average molecular weight is 392 g/mol. The number of rotatable bonds is 5. The molecule has 2 aromatic carbocycles. The normalized spacial score (nSPS) is 16.9. The minimum absolute atomic E-state index is 0.0724. The van der Waals surface area contributed by atoms with Gasteiger partial charge in [-0.3, -0.25) is 9.59 Å². The Kier molecular flexibility index (Phi) is 5.58. The predicted octanol–water partition coefficient (Wildman–Crippen LogP) is 4.10. The van der Waals surface area contributed by atoms with Gasteiger partial charge in [-0.15, -0.1) is 0 Å². The van der Waals surface area contributed by atoms with Crippen LogP contribution in [0, 0.1) is 5.92 Å². The molecule has 0 aliphatic carbocycles. The molecule has 1 atom stereocenters. The van der Waals surface area contributed by atoms with Gasteiger partial charge in [-0.05, 0) is 31.2 Å². The molecule has 0 bridgehead atoms. The molecule has 2 aromatic rings. The Morgan fingerprint density at radius 2 is 1.86 bits per heavy atom. The maximum absolute atomic E-state index is 13.1. The predicted molar refractivity (Wildman–Crippen MR) is 98.1 cm³/mol. The van der Waals surface area contributed by atoms with Crippen LogP contribution in [0.4, 0.5) is 24.5 Å². The molecule has 0 aromatic heterocycles. The summed E-state index contributed by atoms with van der Waals surface area (Å²) >= 11 is 0. The van der Waals surface area contributed by atoms with Crippen LogP contribution in [0.25, 0.3) is 0 Å². The average Bonchev–Trinajstić information content (AvgIpc) is 3.04. The van der Waals surface area contributed by atoms with Crippen molar-refractivity contribution in [3.05, 3.63) is 54.1 Å². The monoisotopic (exact) mass is 392 g/mol. The molecule has 1 aliphatic heterocycles. The highest BCUT2D eigenvalue weighted by molar-refractivity contribution is 6.04. The van der Waals surface area contributed by atoms with Crippen molar-refractivity contribution >= 4 is 23.2 Å². The molecule has 148 valence electrons. The molecule has 3 rings (SSSR count). The zero-order valence-corrected chi connectivity index (χ0v) is 15.1. The van der Waals surface area contributed by atoms with Crippen LogP contribution in [-0.4, -0.2) is 25.0 Å². The molecule has 1 unspecified atom stereocenters. The van der Waals surface area contributed by atoms with Gasteiger partial charge in [0.05, 0.1) is 29.5 Å². The maximum Gasteiger partial charge on any atom is 0.418 e. The van der Waals surface area contributed by atoms with Gasteiger partial charge in [0.25, 0.3) is 0 Å². The summed E-state index contributed by atoms with van der Waals surface area (Å²) in [5.74, 6) is -1.15. The molecule has 5 nitrogen and oxygen atoms in total. The smallest absolute Gasteiger partial charge is 0.418 e. The topological polar surface area (TPSA) is 58.6 Å². The highest BCUT2D eigenvalue weighted by Crippen LogP contribution is 2.36. The molecule has 0 radical (unpaired) electrons. The van der Waals surface area contributed by atoms with Crippen molar-refractivity contribution in [3.63, 3.8) is 0 Å². The van der Waals surface area contributed by atoms with E-state index >= 15 is 0 Å². The first-order valence-electron chi connectivity index (χ1n) is 8.80. The lowest BCUT2D eigenvalue weighted by Crippen LogP contribution is -2.29. The van der Waals surface area contributed by atoms with E-state index < -0.39 is 23.6 Å². The van der Waals surface area contributed by atoms with Crippen LogP contribution in [0.1, 0.15) is 18.9 Å². The fraction of sp³-hybridized carbons (Fsp3) is 0.300. The van der Waals surface area contributed by atoms with Gasteiger partial charge >= 0.3 is 6.18 Å². The van der Waals surface area contributed by atoms with Gasteiger partial charge in [0.1, 0.15) is 5.75 Å². The minimum atomic E-state index is -4.59. The summed E-state index contributed by atoms with van der Waals surface area (Å²) in [5.41, 5.74) is -0.702. The van der Waals surface area contributed by atoms with Crippen molar-refractivity contribution in [3.8, 4) is 5.75 Å². The number of para-hydroxylation sites is 3. The fourth-order valence-electron chi connectivity index (χ4n) is 3.15. The molecule has 28 heavy (non-hydrogen) atoms. The number of nitrogens with zero attached hydrogens (tertiary/aromatic N) is 1. The number of amides is 2. The van der Waals surface area contributed by atoms with Gasteiger partial charge in [-0.2, -0.15) is 13.2 Å². The Morgan fingerprint density at radius 1 is 1.18 bits per heavy atom. The van der Waals surface area contributed by atoms with E-state index in [1.807, 2.05) is 6.92 Å². The summed E-state index contributed by atoms with van der Waals surface area (Å²) < 4.78 is 44.9. The first-order chi connectivity index (χ1) is 13.3. The van der Waals surface area contributed by atoms with Crippen molar-refractivity contribution in [1.29, 1.82) is 0 Å². The molecule has 1 saturated heterocycles. The van der Waals surface area contributed by atoms with Gasteiger partial charge in [0, 0.05) is 13.0 Å². The number of nitrogens with one attached hydrogen (secondary N) is 1. The van der Waals surface area contributed by atoms with E-state index in [1.165, 1.54) is 23.1 Å². The summed E-state index contributed by atoms with van der Waals surface area (Å²) in [6.45, 7) is 2.30. The number of carbonyl (C=O) groups is 2. The van der Waals surface area contributed by atoms with Crippen LogP contribution in [-0.2, 0) is 15.8 Å². The molecule has 0 spiro atoms. The number of halogens is 3. The van der Waals surface area contributed by atoms with E-state index in [-0.39, 0.29) is 24.6 Å². The lowest BCUT2D eigenvalue weighted by atomic mass is 10.1. The Balaban J connectivity index is 1.77. The summed E-state index contributed by atoms with van der Waals surface area (Å²) in [6, 6.07) is 11.7. The molecule has 8 heteroatoms. The van der Waals surface area contributed by atoms with Gasteiger partial charge in [-0.25, -0.2) is 0 Å². The molecular formula is C20H19F3N2O3. The standard InChI is InChI=1S/C20H19F3N2O3/c1-2-28-17-10-6-5-9-16(17)25-12-13(11-18(25)26)19(27)24-15-8-4-3-7-14(15)20(21,22)23/h3-10,13H,2,11-12H2,1H3,(H,24,27). The second kappa shape index (κ2) is 7.92. The Morgan fingerprint density at radius 3 is 2.57 bits per heavy atom. The molecule has 1 N–H and O–H groups in total. The van der Waals surface area contributed by atoms with E-state index in [2.05, 4.69) is 5.32 Å². The van der Waals surface area contributed by atoms with Gasteiger partial charge in [-0.1, -0.05) is 24.3 Å². The van der Waals surface area contributed by atoms with E-state index in [0.717, 1.165) is 6.07 Å². The second-order valence-corrected chi connectivity index (χ2v) is 6.34. The molecule has 1 aliphatic rings. The van der Waals surface area contributed by atoms with Crippen LogP contribution in [0.15, 0.2) is 48.5 Å². The third kappa shape index (κ3) is 4.11. The second-order valence-electron chi connectivity index (χ2n) is 6.34. The van der Waals surface area contributed by atoms with Crippen LogP contribution < -0.4 is 15.0 Å². The van der Waals surface area contributed by atoms with E-state index in [4.69, 9.17) is 4.74 Å². The van der Waals surface area contributed by atoms with Crippen molar-refractivity contribution < 1.29 is 27.5 Å². The van der Waals surface area contributed by atoms with Crippen LogP contribution >= 0.6 is 0 Å². The summed E-state index contributed by atoms with van der Waals surface area (Å²) in [6.07, 6.45) is -4.67. The third-order valence-electron chi connectivity index (χ3n) is 4.44. The summed E-state index contributed by atoms with van der Waals surface area (Å²) in [7, 11) is 0. The number of hydrogen-bond donors (Lipinski definition) is 1. The van der Waals surface area contributed by atoms with E-state index in [1.54, 1.807) is 24.3 Å². The first-order valence-corrected chi connectivity index (χ1v) is 8.80. The van der Waals surface area contributed by atoms with Crippen molar-refractivity contribution in [2.24, 2.45) is 5.92 Å². The Labute approximate surface area is 160 Å². The van der Waals surface area contributed by atoms with Crippen molar-refractivity contribution in [1.82, 2.24) is 0 Å². The van der Waals surface area contributed by atoms with Gasteiger partial charge < -0.3 is 15.0 Å². The number of carbonyl (C=O) groups excluding carboxylic acids is 2. The number of benzene rings is 2. The number of hydrogen-bond acceptors (Lipinski definition) is 3. The highest BCUT2D eigenvalue weighted by Gasteiger charge is 2.38. The largest absolute Gasteiger partial charge is 0.492 e. The van der Waals surface area contributed by atoms with E-state index in [0.29, 0.717) is 18.0 Å². The van der Waals surface area contributed by atoms with Crippen molar-refractivity contribution in [2.45, 2.75) is 19.5 Å². The zero-order chi connectivity index (χ0) is 20.3. The van der Waals surface area contributed by atoms with Crippen molar-refractivity contribution in [2.75, 3.05) is 23.4 Å². The summed E-state index contributed by atoms with van der Waals surface area (Å²) in [5, 5.41) is 2.32. The first kappa shape index (κ1) is 19.7. The molecule has 0 saturated carbocycles. The van der Waals surface area contributed by atoms with Crippen LogP contribution in [0.5, 0.6) is 5.75 Å². The quantitative estimate of drug-likeness (QED) is 0.834. The van der Waals surface area contributed by atoms with Gasteiger partial charge in [0.2, 0.25) is 11.8 Å². The number of ether oxygens (including phenoxy) is 1. The van der Waals surface area contributed by atoms with Crippen LogP contribution in [0.3, 0.4) is 0 Å². The summed E-state index contributed by atoms with van der Waals surface area (Å²) in [4.78, 5) is 26.4. The minimum Gasteiger partial charge on any atom is -0.492 e. The lowest BCUT2D eigenvalue weighted by molar-refractivity contribution is -0.137. The Bertz CT molecular complexity index is 883. The number of anilines is 2. The van der Waals surface area contributed by atoms with E-state index in [9.17, 15) is 22.8 Å². The highest BCUT2D eigenvalue weighted by atomic mass is 19.4. The van der Waals surface area contributed by atoms with Crippen LogP contribution in [0.2, 0.25) is 0 Å².